The summed E-state index contributed by atoms with van der Waals surface area (Å²) >= 11 is 5.90. The highest BCUT2D eigenvalue weighted by molar-refractivity contribution is 6.30. The minimum absolute atomic E-state index is 0.215. The smallest absolute Gasteiger partial charge is 0.335 e. The molecule has 0 bridgehead atoms. The Labute approximate surface area is 162 Å². The Balaban J connectivity index is 1.66. The second-order valence-corrected chi connectivity index (χ2v) is 6.44. The van der Waals surface area contributed by atoms with Gasteiger partial charge in [0.2, 0.25) is 0 Å². The summed E-state index contributed by atoms with van der Waals surface area (Å²) < 4.78 is 0. The van der Waals surface area contributed by atoms with Crippen molar-refractivity contribution in [3.05, 3.63) is 76.6 Å². The van der Waals surface area contributed by atoms with Crippen molar-refractivity contribution in [3.63, 3.8) is 0 Å². The van der Waals surface area contributed by atoms with Crippen LogP contribution in [0.25, 0.3) is 0 Å². The fourth-order valence-electron chi connectivity index (χ4n) is 2.59. The Hall–Kier alpha value is -3.12. The summed E-state index contributed by atoms with van der Waals surface area (Å²) in [5.41, 5.74) is 2.05. The molecule has 0 aliphatic heterocycles. The maximum Gasteiger partial charge on any atom is 0.335 e. The predicted octanol–water partition coefficient (Wildman–Crippen LogP) is 4.53. The van der Waals surface area contributed by atoms with Gasteiger partial charge in [-0.15, -0.1) is 0 Å². The second-order valence-electron chi connectivity index (χ2n) is 6.00. The number of carboxylic acids is 1. The first-order chi connectivity index (χ1) is 13.0. The summed E-state index contributed by atoms with van der Waals surface area (Å²) in [6.45, 7) is 2.52. The highest BCUT2D eigenvalue weighted by atomic mass is 35.5. The summed E-state index contributed by atoms with van der Waals surface area (Å²) in [5.74, 6) is 0.942. The van der Waals surface area contributed by atoms with E-state index >= 15 is 0 Å². The maximum atomic E-state index is 11.1. The summed E-state index contributed by atoms with van der Waals surface area (Å²) in [6.07, 6.45) is 0.837. The molecule has 6 nitrogen and oxygen atoms in total. The van der Waals surface area contributed by atoms with Crippen LogP contribution in [0.3, 0.4) is 0 Å². The largest absolute Gasteiger partial charge is 0.478 e. The van der Waals surface area contributed by atoms with Gasteiger partial charge in [-0.2, -0.15) is 0 Å². The predicted molar refractivity (Wildman–Crippen MR) is 107 cm³/mol. The monoisotopic (exact) mass is 382 g/mol. The first kappa shape index (κ1) is 18.7. The second kappa shape index (κ2) is 8.51. The third-order valence-electron chi connectivity index (χ3n) is 3.85. The molecule has 0 unspecified atom stereocenters. The molecule has 3 aromatic rings. The summed E-state index contributed by atoms with van der Waals surface area (Å²) in [7, 11) is 0. The number of benzene rings is 2. The molecule has 0 fully saturated rings. The lowest BCUT2D eigenvalue weighted by Crippen LogP contribution is -2.08. The quantitative estimate of drug-likeness (QED) is 0.556. The average molecular weight is 383 g/mol. The van der Waals surface area contributed by atoms with Gasteiger partial charge in [0.25, 0.3) is 0 Å². The Morgan fingerprint density at radius 3 is 2.56 bits per heavy atom. The molecule has 1 heterocycles. The molecule has 3 N–H and O–H groups in total. The topological polar surface area (TPSA) is 87.1 Å². The molecular weight excluding hydrogens is 364 g/mol. The van der Waals surface area contributed by atoms with E-state index in [0.717, 1.165) is 11.4 Å². The van der Waals surface area contributed by atoms with Crippen LogP contribution in [0.2, 0.25) is 5.02 Å². The third-order valence-corrected chi connectivity index (χ3v) is 4.10. The molecule has 3 rings (SSSR count). The van der Waals surface area contributed by atoms with Gasteiger partial charge in [-0.25, -0.2) is 14.8 Å². The van der Waals surface area contributed by atoms with Crippen LogP contribution in [0.5, 0.6) is 0 Å². The van der Waals surface area contributed by atoms with E-state index in [9.17, 15) is 4.79 Å². The van der Waals surface area contributed by atoms with Gasteiger partial charge in [-0.05, 0) is 49.2 Å². The minimum atomic E-state index is -0.970. The van der Waals surface area contributed by atoms with Crippen LogP contribution in [0.15, 0.2) is 54.6 Å². The fraction of sp³-hybridized carbons (Fsp3) is 0.150. The highest BCUT2D eigenvalue weighted by Crippen LogP contribution is 2.19. The van der Waals surface area contributed by atoms with Crippen molar-refractivity contribution in [2.75, 3.05) is 17.2 Å². The molecule has 0 saturated carbocycles. The molecule has 7 heteroatoms. The first-order valence-electron chi connectivity index (χ1n) is 8.44. The molecule has 27 heavy (non-hydrogen) atoms. The zero-order chi connectivity index (χ0) is 19.2. The van der Waals surface area contributed by atoms with Crippen LogP contribution >= 0.6 is 11.6 Å². The van der Waals surface area contributed by atoms with Gasteiger partial charge >= 0.3 is 5.97 Å². The van der Waals surface area contributed by atoms with Crippen LogP contribution in [-0.4, -0.2) is 27.6 Å². The normalized spacial score (nSPS) is 10.4. The van der Waals surface area contributed by atoms with Crippen molar-refractivity contribution in [2.24, 2.45) is 0 Å². The number of hydrogen-bond donors (Lipinski definition) is 3. The Morgan fingerprint density at radius 2 is 1.81 bits per heavy atom. The standard InChI is InChI=1S/C20H19ClN4O2/c1-13-23-18(22-10-9-14-5-7-16(21)8-6-14)12-19(24-13)25-17-4-2-3-15(11-17)20(26)27/h2-8,11-12H,9-10H2,1H3,(H,26,27)(H2,22,23,24,25). The van der Waals surface area contributed by atoms with Gasteiger partial charge in [0.05, 0.1) is 5.56 Å². The summed E-state index contributed by atoms with van der Waals surface area (Å²) in [4.78, 5) is 19.8. The van der Waals surface area contributed by atoms with Crippen LogP contribution in [0.4, 0.5) is 17.3 Å². The number of rotatable bonds is 7. The Morgan fingerprint density at radius 1 is 1.07 bits per heavy atom. The van der Waals surface area contributed by atoms with E-state index < -0.39 is 5.97 Å². The summed E-state index contributed by atoms with van der Waals surface area (Å²) in [5, 5.41) is 16.2. The lowest BCUT2D eigenvalue weighted by atomic mass is 10.1. The average Bonchev–Trinajstić information content (AvgIpc) is 2.63. The number of nitrogens with one attached hydrogen (secondary N) is 2. The van der Waals surface area contributed by atoms with Gasteiger partial charge in [0.15, 0.2) is 0 Å². The van der Waals surface area contributed by atoms with Crippen LogP contribution in [0, 0.1) is 6.92 Å². The lowest BCUT2D eigenvalue weighted by Gasteiger charge is -2.11. The van der Waals surface area contributed by atoms with Crippen molar-refractivity contribution >= 4 is 34.9 Å². The highest BCUT2D eigenvalue weighted by Gasteiger charge is 2.06. The molecule has 0 aliphatic rings. The molecule has 0 spiro atoms. The van der Waals surface area contributed by atoms with Crippen molar-refractivity contribution < 1.29 is 9.90 Å². The molecule has 0 atom stereocenters. The molecule has 0 aliphatic carbocycles. The maximum absolute atomic E-state index is 11.1. The van der Waals surface area contributed by atoms with Gasteiger partial charge in [0, 0.05) is 23.3 Å². The number of carboxylic acid groups (broad SMARTS) is 1. The van der Waals surface area contributed by atoms with Gasteiger partial charge in [-0.3, -0.25) is 0 Å². The van der Waals surface area contributed by atoms with Crippen molar-refractivity contribution in [2.45, 2.75) is 13.3 Å². The van der Waals surface area contributed by atoms with E-state index in [4.69, 9.17) is 16.7 Å². The number of aryl methyl sites for hydroxylation is 1. The van der Waals surface area contributed by atoms with E-state index in [1.807, 2.05) is 31.2 Å². The van der Waals surface area contributed by atoms with Crippen LogP contribution in [0.1, 0.15) is 21.7 Å². The van der Waals surface area contributed by atoms with Crippen LogP contribution in [-0.2, 0) is 6.42 Å². The van der Waals surface area contributed by atoms with E-state index in [-0.39, 0.29) is 5.56 Å². The van der Waals surface area contributed by atoms with E-state index in [0.29, 0.717) is 29.7 Å². The molecule has 0 radical (unpaired) electrons. The van der Waals surface area contributed by atoms with E-state index in [1.165, 1.54) is 5.56 Å². The number of hydrogen-bond acceptors (Lipinski definition) is 5. The lowest BCUT2D eigenvalue weighted by molar-refractivity contribution is 0.0697. The minimum Gasteiger partial charge on any atom is -0.478 e. The Kier molecular flexibility index (Phi) is 5.88. The van der Waals surface area contributed by atoms with E-state index in [2.05, 4.69) is 20.6 Å². The molecule has 2 aromatic carbocycles. The molecule has 138 valence electrons. The van der Waals surface area contributed by atoms with Crippen molar-refractivity contribution in [1.82, 2.24) is 9.97 Å². The molecule has 1 aromatic heterocycles. The number of anilines is 3. The van der Waals surface area contributed by atoms with Crippen molar-refractivity contribution in [1.29, 1.82) is 0 Å². The van der Waals surface area contributed by atoms with E-state index in [1.54, 1.807) is 30.3 Å². The van der Waals surface area contributed by atoms with Gasteiger partial charge < -0.3 is 15.7 Å². The SMILES string of the molecule is Cc1nc(NCCc2ccc(Cl)cc2)cc(Nc2cccc(C(=O)O)c2)n1. The number of halogens is 1. The number of nitrogens with zero attached hydrogens (tertiary/aromatic N) is 2. The number of aromatic carboxylic acids is 1. The molecule has 0 amide bonds. The Bertz CT molecular complexity index is 945. The van der Waals surface area contributed by atoms with Gasteiger partial charge in [0.1, 0.15) is 17.5 Å². The zero-order valence-corrected chi connectivity index (χ0v) is 15.5. The third kappa shape index (κ3) is 5.43. The molecule has 0 saturated heterocycles. The van der Waals surface area contributed by atoms with Gasteiger partial charge in [-0.1, -0.05) is 29.8 Å². The summed E-state index contributed by atoms with van der Waals surface area (Å²) in [6, 6.07) is 16.1. The van der Waals surface area contributed by atoms with Crippen LogP contribution < -0.4 is 10.6 Å². The number of aromatic nitrogens is 2. The van der Waals surface area contributed by atoms with Crippen molar-refractivity contribution in [3.8, 4) is 0 Å². The first-order valence-corrected chi connectivity index (χ1v) is 8.82. The zero-order valence-electron chi connectivity index (χ0n) is 14.7. The number of carbonyl (C=O) groups is 1. The fourth-order valence-corrected chi connectivity index (χ4v) is 2.71. The molecular formula is C20H19ClN4O2.